The van der Waals surface area contributed by atoms with Gasteiger partial charge in [0.1, 0.15) is 0 Å². The number of nitrogens with zero attached hydrogens (tertiary/aromatic N) is 2. The second kappa shape index (κ2) is 7.29. The lowest BCUT2D eigenvalue weighted by Gasteiger charge is -2.27. The van der Waals surface area contributed by atoms with E-state index in [1.54, 1.807) is 6.92 Å². The van der Waals surface area contributed by atoms with E-state index in [-0.39, 0.29) is 27.7 Å². The van der Waals surface area contributed by atoms with Gasteiger partial charge in [0.15, 0.2) is 0 Å². The molecule has 11 heteroatoms. The van der Waals surface area contributed by atoms with Gasteiger partial charge in [0.2, 0.25) is 0 Å². The van der Waals surface area contributed by atoms with E-state index >= 15 is 0 Å². The van der Waals surface area contributed by atoms with Crippen molar-refractivity contribution in [2.24, 2.45) is 0 Å². The van der Waals surface area contributed by atoms with Crippen molar-refractivity contribution in [2.75, 3.05) is 5.75 Å². The summed E-state index contributed by atoms with van der Waals surface area (Å²) in [6, 6.07) is 2.84. The molecule has 0 fully saturated rings. The predicted octanol–water partition coefficient (Wildman–Crippen LogP) is 4.75. The summed E-state index contributed by atoms with van der Waals surface area (Å²) >= 11 is 1.18. The van der Waals surface area contributed by atoms with Crippen molar-refractivity contribution in [3.63, 3.8) is 0 Å². The van der Waals surface area contributed by atoms with Gasteiger partial charge in [0, 0.05) is 34.5 Å². The number of pyridine rings is 2. The fourth-order valence-electron chi connectivity index (χ4n) is 3.03. The number of alkyl halides is 6. The zero-order valence-electron chi connectivity index (χ0n) is 14.8. The molecule has 2 N–H and O–H groups in total. The highest BCUT2D eigenvalue weighted by Gasteiger charge is 2.55. The highest BCUT2D eigenvalue weighted by Crippen LogP contribution is 2.44. The summed E-state index contributed by atoms with van der Waals surface area (Å²) in [5.74, 6) is -3.92. The van der Waals surface area contributed by atoms with Crippen LogP contribution in [0.1, 0.15) is 23.6 Å². The van der Waals surface area contributed by atoms with Gasteiger partial charge in [0.05, 0.1) is 16.6 Å². The molecule has 0 aliphatic carbocycles. The Labute approximate surface area is 164 Å². The van der Waals surface area contributed by atoms with Crippen molar-refractivity contribution in [3.05, 3.63) is 47.3 Å². The third kappa shape index (κ3) is 3.74. The fourth-order valence-corrected chi connectivity index (χ4v) is 3.67. The molecule has 4 nitrogen and oxygen atoms in total. The Kier molecular flexibility index (Phi) is 5.43. The van der Waals surface area contributed by atoms with Gasteiger partial charge in [-0.15, -0.1) is 0 Å². The number of hydrogen-bond donors (Lipinski definition) is 2. The molecule has 0 atom stereocenters. The van der Waals surface area contributed by atoms with Gasteiger partial charge in [-0.05, 0) is 23.4 Å². The second-order valence-electron chi connectivity index (χ2n) is 6.18. The van der Waals surface area contributed by atoms with Crippen LogP contribution in [-0.2, 0) is 17.7 Å². The van der Waals surface area contributed by atoms with E-state index < -0.39 is 34.7 Å². The first kappa shape index (κ1) is 21.6. The molecule has 0 aliphatic heterocycles. The van der Waals surface area contributed by atoms with Crippen molar-refractivity contribution in [1.29, 1.82) is 0 Å². The lowest BCUT2D eigenvalue weighted by atomic mass is 9.94. The van der Waals surface area contributed by atoms with Crippen LogP contribution in [0.2, 0.25) is 0 Å². The van der Waals surface area contributed by atoms with Crippen molar-refractivity contribution in [2.45, 2.75) is 30.8 Å². The first-order valence-electron chi connectivity index (χ1n) is 8.25. The number of fused-ring (bicyclic) bond motifs is 3. The predicted molar refractivity (Wildman–Crippen MR) is 96.1 cm³/mol. The minimum atomic E-state index is -5.55. The topological polar surface area (TPSA) is 66.2 Å². The largest absolute Gasteiger partial charge is 0.447 e. The summed E-state index contributed by atoms with van der Waals surface area (Å²) in [5, 5.41) is 18.5. The molecule has 0 amide bonds. The molecule has 0 saturated heterocycles. The molecule has 0 aliphatic rings. The molecule has 0 spiro atoms. The lowest BCUT2D eigenvalue weighted by molar-refractivity contribution is -0.357. The maximum Gasteiger partial charge on any atom is 0.447 e. The average Bonchev–Trinajstić information content (AvgIpc) is 2.63. The maximum atomic E-state index is 13.9. The minimum Gasteiger partial charge on any atom is -0.355 e. The standard InChI is InChI=1S/C18H14F6N2O2S/c1-2-29-8-9-7-26-15-11(13(9)17(19,20)21)6-12(16(27,28)18(22,23)24)10-4-3-5-25-14(10)15/h3-7,27-28H,2,8H2,1H3. The van der Waals surface area contributed by atoms with Gasteiger partial charge in [0.25, 0.3) is 5.79 Å². The fraction of sp³-hybridized carbons (Fsp3) is 0.333. The summed E-state index contributed by atoms with van der Waals surface area (Å²) in [6.07, 6.45) is -8.26. The van der Waals surface area contributed by atoms with Crippen LogP contribution < -0.4 is 0 Å². The Morgan fingerprint density at radius 2 is 1.66 bits per heavy atom. The van der Waals surface area contributed by atoms with E-state index in [1.165, 1.54) is 24.0 Å². The lowest BCUT2D eigenvalue weighted by Crippen LogP contribution is -2.42. The van der Waals surface area contributed by atoms with Crippen LogP contribution in [0.25, 0.3) is 21.8 Å². The van der Waals surface area contributed by atoms with Crippen LogP contribution in [-0.4, -0.2) is 32.1 Å². The van der Waals surface area contributed by atoms with E-state index in [1.807, 2.05) is 0 Å². The number of halogens is 6. The number of rotatable bonds is 4. The van der Waals surface area contributed by atoms with E-state index in [2.05, 4.69) is 9.97 Å². The van der Waals surface area contributed by atoms with Crippen molar-refractivity contribution >= 4 is 33.6 Å². The number of thioether (sulfide) groups is 1. The van der Waals surface area contributed by atoms with Crippen LogP contribution in [0.3, 0.4) is 0 Å². The van der Waals surface area contributed by atoms with Crippen molar-refractivity contribution in [3.8, 4) is 0 Å². The Morgan fingerprint density at radius 1 is 1.00 bits per heavy atom. The number of aliphatic hydroxyl groups is 2. The first-order chi connectivity index (χ1) is 13.4. The summed E-state index contributed by atoms with van der Waals surface area (Å²) in [7, 11) is 0. The molecular weight excluding hydrogens is 422 g/mol. The van der Waals surface area contributed by atoms with Gasteiger partial charge in [-0.1, -0.05) is 13.0 Å². The molecule has 3 rings (SSSR count). The highest BCUT2D eigenvalue weighted by molar-refractivity contribution is 7.98. The third-order valence-corrected chi connectivity index (χ3v) is 5.25. The van der Waals surface area contributed by atoms with Gasteiger partial charge >= 0.3 is 12.4 Å². The summed E-state index contributed by atoms with van der Waals surface area (Å²) < 4.78 is 81.4. The molecule has 3 aromatic rings. The second-order valence-corrected chi connectivity index (χ2v) is 7.46. The number of aromatic nitrogens is 2. The first-order valence-corrected chi connectivity index (χ1v) is 9.41. The van der Waals surface area contributed by atoms with E-state index in [0.29, 0.717) is 11.8 Å². The Bertz CT molecular complexity index is 1070. The average molecular weight is 436 g/mol. The van der Waals surface area contributed by atoms with Gasteiger partial charge < -0.3 is 10.2 Å². The van der Waals surface area contributed by atoms with Crippen LogP contribution in [0.15, 0.2) is 30.6 Å². The maximum absolute atomic E-state index is 13.9. The zero-order chi connectivity index (χ0) is 21.6. The van der Waals surface area contributed by atoms with Gasteiger partial charge in [-0.3, -0.25) is 9.97 Å². The molecule has 0 bridgehead atoms. The van der Waals surface area contributed by atoms with Crippen molar-refractivity contribution in [1.82, 2.24) is 9.97 Å². The minimum absolute atomic E-state index is 0.0630. The molecule has 29 heavy (non-hydrogen) atoms. The molecule has 0 saturated carbocycles. The summed E-state index contributed by atoms with van der Waals surface area (Å²) in [4.78, 5) is 7.86. The van der Waals surface area contributed by atoms with Crippen LogP contribution in [0, 0.1) is 0 Å². The monoisotopic (exact) mass is 436 g/mol. The Balaban J connectivity index is 2.50. The number of hydrogen-bond acceptors (Lipinski definition) is 5. The van der Waals surface area contributed by atoms with Gasteiger partial charge in [-0.2, -0.15) is 38.1 Å². The Morgan fingerprint density at radius 3 is 2.24 bits per heavy atom. The summed E-state index contributed by atoms with van der Waals surface area (Å²) in [5.41, 5.74) is -3.10. The van der Waals surface area contributed by atoms with E-state index in [0.717, 1.165) is 12.3 Å². The molecule has 156 valence electrons. The van der Waals surface area contributed by atoms with Crippen LogP contribution in [0.4, 0.5) is 26.3 Å². The SMILES string of the molecule is CCSCc1cnc2c(cc(C(O)(O)C(F)(F)F)c3cccnc32)c1C(F)(F)F. The molecule has 1 aromatic carbocycles. The van der Waals surface area contributed by atoms with E-state index in [4.69, 9.17) is 0 Å². The summed E-state index contributed by atoms with van der Waals surface area (Å²) in [6.45, 7) is 1.75. The smallest absolute Gasteiger partial charge is 0.355 e. The molecule has 0 unspecified atom stereocenters. The van der Waals surface area contributed by atoms with Crippen LogP contribution in [0.5, 0.6) is 0 Å². The zero-order valence-corrected chi connectivity index (χ0v) is 15.6. The number of benzene rings is 1. The molecule has 0 radical (unpaired) electrons. The van der Waals surface area contributed by atoms with Crippen LogP contribution >= 0.6 is 11.8 Å². The Hall–Kier alpha value is -2.11. The highest BCUT2D eigenvalue weighted by atomic mass is 32.2. The molecular formula is C18H14F6N2O2S. The third-order valence-electron chi connectivity index (χ3n) is 4.32. The normalized spacial score (nSPS) is 13.4. The molecule has 2 heterocycles. The molecule has 2 aromatic heterocycles. The quantitative estimate of drug-likeness (QED) is 0.351. The van der Waals surface area contributed by atoms with Crippen molar-refractivity contribution < 1.29 is 36.6 Å². The van der Waals surface area contributed by atoms with Gasteiger partial charge in [-0.25, -0.2) is 0 Å². The van der Waals surface area contributed by atoms with E-state index in [9.17, 15) is 36.6 Å².